The van der Waals surface area contributed by atoms with Gasteiger partial charge in [-0.05, 0) is 20.8 Å². The average molecular weight is 249 g/mol. The maximum atomic E-state index is 11.2. The molecule has 100 valence electrons. The molecule has 0 rings (SSSR count). The van der Waals surface area contributed by atoms with Gasteiger partial charge in [0.2, 0.25) is 0 Å². The minimum absolute atomic E-state index is 0.106. The molecule has 0 unspecified atom stereocenters. The van der Waals surface area contributed by atoms with Gasteiger partial charge in [-0.25, -0.2) is 9.68 Å². The SMILES string of the molecule is COC(=O)CN(C)OOCC(=O)OC(C)(C)C. The predicted molar refractivity (Wildman–Crippen MR) is 57.5 cm³/mol. The summed E-state index contributed by atoms with van der Waals surface area (Å²) in [4.78, 5) is 31.2. The van der Waals surface area contributed by atoms with E-state index in [0.29, 0.717) is 0 Å². The molecule has 0 saturated carbocycles. The third-order valence-corrected chi connectivity index (χ3v) is 1.36. The number of rotatable bonds is 6. The maximum absolute atomic E-state index is 11.2. The van der Waals surface area contributed by atoms with E-state index >= 15 is 0 Å². The number of hydroxylamine groups is 2. The Kier molecular flexibility index (Phi) is 6.71. The van der Waals surface area contributed by atoms with Crippen LogP contribution in [0.1, 0.15) is 20.8 Å². The lowest BCUT2D eigenvalue weighted by atomic mass is 10.2. The summed E-state index contributed by atoms with van der Waals surface area (Å²) in [7, 11) is 2.73. The minimum Gasteiger partial charge on any atom is -0.468 e. The Morgan fingerprint density at radius 1 is 1.18 bits per heavy atom. The fourth-order valence-electron chi connectivity index (χ4n) is 0.808. The number of hydrogen-bond acceptors (Lipinski definition) is 7. The van der Waals surface area contributed by atoms with E-state index in [9.17, 15) is 9.59 Å². The highest BCUT2D eigenvalue weighted by atomic mass is 17.3. The zero-order valence-corrected chi connectivity index (χ0v) is 10.8. The molecule has 0 radical (unpaired) electrons. The maximum Gasteiger partial charge on any atom is 0.336 e. The van der Waals surface area contributed by atoms with Crippen LogP contribution >= 0.6 is 0 Å². The highest BCUT2D eigenvalue weighted by Crippen LogP contribution is 2.06. The summed E-state index contributed by atoms with van der Waals surface area (Å²) in [5.74, 6) is -1.03. The molecular formula is C10H19NO6. The van der Waals surface area contributed by atoms with E-state index in [0.717, 1.165) is 5.06 Å². The third kappa shape index (κ3) is 9.73. The summed E-state index contributed by atoms with van der Waals surface area (Å²) >= 11 is 0. The number of likely N-dealkylation sites (N-methyl/N-ethyl adjacent to an activating group) is 1. The Hall–Kier alpha value is -1.18. The summed E-state index contributed by atoms with van der Waals surface area (Å²) in [5, 5.41) is 1.09. The van der Waals surface area contributed by atoms with Crippen LogP contribution in [0.25, 0.3) is 0 Å². The monoisotopic (exact) mass is 249 g/mol. The molecular weight excluding hydrogens is 230 g/mol. The van der Waals surface area contributed by atoms with Gasteiger partial charge < -0.3 is 9.47 Å². The Morgan fingerprint density at radius 2 is 1.76 bits per heavy atom. The van der Waals surface area contributed by atoms with Crippen LogP contribution in [0, 0.1) is 0 Å². The molecule has 0 aromatic rings. The lowest BCUT2D eigenvalue weighted by Crippen LogP contribution is -2.30. The van der Waals surface area contributed by atoms with E-state index in [1.165, 1.54) is 14.2 Å². The van der Waals surface area contributed by atoms with E-state index in [1.54, 1.807) is 20.8 Å². The van der Waals surface area contributed by atoms with Gasteiger partial charge in [0.25, 0.3) is 0 Å². The second-order valence-electron chi connectivity index (χ2n) is 4.29. The van der Waals surface area contributed by atoms with Crippen LogP contribution in [0.15, 0.2) is 0 Å². The Balaban J connectivity index is 3.70. The molecule has 0 aliphatic rings. The molecule has 7 heteroatoms. The number of ether oxygens (including phenoxy) is 2. The average Bonchev–Trinajstić information content (AvgIpc) is 2.14. The van der Waals surface area contributed by atoms with Crippen molar-refractivity contribution in [1.82, 2.24) is 5.06 Å². The topological polar surface area (TPSA) is 74.3 Å². The summed E-state index contributed by atoms with van der Waals surface area (Å²) in [6.07, 6.45) is 0. The minimum atomic E-state index is -0.571. The zero-order chi connectivity index (χ0) is 13.5. The quantitative estimate of drug-likeness (QED) is 0.380. The van der Waals surface area contributed by atoms with Crippen molar-refractivity contribution in [2.75, 3.05) is 27.3 Å². The molecule has 0 aromatic heterocycles. The molecule has 0 spiro atoms. The van der Waals surface area contributed by atoms with Crippen molar-refractivity contribution >= 4 is 11.9 Å². The van der Waals surface area contributed by atoms with Crippen LogP contribution in [0.2, 0.25) is 0 Å². The van der Waals surface area contributed by atoms with Gasteiger partial charge in [0.05, 0.1) is 7.11 Å². The van der Waals surface area contributed by atoms with Crippen molar-refractivity contribution in [3.05, 3.63) is 0 Å². The van der Waals surface area contributed by atoms with Crippen molar-refractivity contribution in [3.8, 4) is 0 Å². The molecule has 0 atom stereocenters. The normalized spacial score (nSPS) is 11.4. The number of esters is 2. The van der Waals surface area contributed by atoms with Crippen LogP contribution in [-0.2, 0) is 28.9 Å². The van der Waals surface area contributed by atoms with Crippen molar-refractivity contribution < 1.29 is 28.9 Å². The summed E-state index contributed by atoms with van der Waals surface area (Å²) in [5.41, 5.74) is -0.571. The molecule has 0 bridgehead atoms. The molecule has 7 nitrogen and oxygen atoms in total. The van der Waals surface area contributed by atoms with Crippen LogP contribution in [-0.4, -0.2) is 49.9 Å². The van der Waals surface area contributed by atoms with Crippen LogP contribution in [0.5, 0.6) is 0 Å². The zero-order valence-electron chi connectivity index (χ0n) is 10.8. The summed E-state index contributed by atoms with van der Waals surface area (Å²) in [6.45, 7) is 4.77. The van der Waals surface area contributed by atoms with E-state index in [2.05, 4.69) is 14.6 Å². The van der Waals surface area contributed by atoms with Gasteiger partial charge in [-0.15, -0.1) is 10.1 Å². The lowest BCUT2D eigenvalue weighted by molar-refractivity contribution is -0.413. The largest absolute Gasteiger partial charge is 0.468 e. The number of methoxy groups -OCH3 is 1. The van der Waals surface area contributed by atoms with E-state index in [4.69, 9.17) is 4.74 Å². The highest BCUT2D eigenvalue weighted by molar-refractivity contribution is 5.71. The number of nitrogens with zero attached hydrogens (tertiary/aromatic N) is 1. The second kappa shape index (κ2) is 7.21. The Labute approximate surface area is 100 Å². The van der Waals surface area contributed by atoms with Gasteiger partial charge in [0.15, 0.2) is 6.61 Å². The van der Waals surface area contributed by atoms with Crippen LogP contribution < -0.4 is 0 Å². The first-order valence-corrected chi connectivity index (χ1v) is 5.04. The fraction of sp³-hybridized carbons (Fsp3) is 0.800. The first-order valence-electron chi connectivity index (χ1n) is 5.04. The van der Waals surface area contributed by atoms with Crippen molar-refractivity contribution in [2.24, 2.45) is 0 Å². The van der Waals surface area contributed by atoms with Gasteiger partial charge >= 0.3 is 11.9 Å². The standard InChI is InChI=1S/C10H19NO6/c1-10(2,3)16-9(13)7-15-17-11(4)6-8(12)14-5/h6-7H2,1-5H3. The molecule has 0 fully saturated rings. The van der Waals surface area contributed by atoms with Crippen LogP contribution in [0.3, 0.4) is 0 Å². The van der Waals surface area contributed by atoms with E-state index < -0.39 is 17.5 Å². The third-order valence-electron chi connectivity index (χ3n) is 1.36. The highest BCUT2D eigenvalue weighted by Gasteiger charge is 2.17. The first kappa shape index (κ1) is 15.8. The van der Waals surface area contributed by atoms with Gasteiger partial charge in [0.1, 0.15) is 12.1 Å². The summed E-state index contributed by atoms with van der Waals surface area (Å²) in [6, 6.07) is 0. The van der Waals surface area contributed by atoms with Crippen molar-refractivity contribution in [2.45, 2.75) is 26.4 Å². The molecule has 0 aliphatic heterocycles. The predicted octanol–water partition coefficient (Wildman–Crippen LogP) is 0.296. The molecule has 17 heavy (non-hydrogen) atoms. The molecule has 0 N–H and O–H groups in total. The lowest BCUT2D eigenvalue weighted by Gasteiger charge is -2.19. The van der Waals surface area contributed by atoms with Crippen LogP contribution in [0.4, 0.5) is 0 Å². The molecule has 0 saturated heterocycles. The van der Waals surface area contributed by atoms with Gasteiger partial charge in [-0.3, -0.25) is 4.79 Å². The number of carbonyl (C=O) groups is 2. The smallest absolute Gasteiger partial charge is 0.336 e. The first-order chi connectivity index (χ1) is 7.74. The fourth-order valence-corrected chi connectivity index (χ4v) is 0.808. The molecule has 0 heterocycles. The van der Waals surface area contributed by atoms with Gasteiger partial charge in [0, 0.05) is 7.05 Å². The summed E-state index contributed by atoms with van der Waals surface area (Å²) < 4.78 is 9.37. The van der Waals surface area contributed by atoms with Gasteiger partial charge in [-0.1, -0.05) is 0 Å². The molecule has 0 amide bonds. The second-order valence-corrected chi connectivity index (χ2v) is 4.29. The Bertz CT molecular complexity index is 260. The van der Waals surface area contributed by atoms with E-state index in [-0.39, 0.29) is 13.2 Å². The van der Waals surface area contributed by atoms with Crippen molar-refractivity contribution in [3.63, 3.8) is 0 Å². The van der Waals surface area contributed by atoms with E-state index in [1.807, 2.05) is 0 Å². The number of hydrogen-bond donors (Lipinski definition) is 0. The number of carbonyl (C=O) groups excluding carboxylic acids is 2. The Morgan fingerprint density at radius 3 is 2.24 bits per heavy atom. The molecule has 0 aromatic carbocycles. The molecule has 0 aliphatic carbocycles. The van der Waals surface area contributed by atoms with Crippen molar-refractivity contribution in [1.29, 1.82) is 0 Å². The van der Waals surface area contributed by atoms with Gasteiger partial charge in [-0.2, -0.15) is 0 Å².